The Hall–Kier alpha value is -3.78. The van der Waals surface area contributed by atoms with Crippen molar-refractivity contribution in [3.8, 4) is 29.1 Å². The van der Waals surface area contributed by atoms with Crippen molar-refractivity contribution in [2.45, 2.75) is 70.7 Å². The molecule has 43 heavy (non-hydrogen) atoms. The van der Waals surface area contributed by atoms with Crippen molar-refractivity contribution in [1.29, 1.82) is 5.26 Å². The number of nitrogens with one attached hydrogen (secondary N) is 1. The van der Waals surface area contributed by atoms with E-state index in [0.717, 1.165) is 44.9 Å². The molecule has 4 heterocycles. The highest BCUT2D eigenvalue weighted by Crippen LogP contribution is 2.57. The summed E-state index contributed by atoms with van der Waals surface area (Å²) in [4.78, 5) is 17.0. The summed E-state index contributed by atoms with van der Waals surface area (Å²) in [6.45, 7) is 12.4. The van der Waals surface area contributed by atoms with Crippen LogP contribution in [0.5, 0.6) is 23.0 Å². The zero-order valence-electron chi connectivity index (χ0n) is 25.8. The largest absolute Gasteiger partial charge is 0.489 e. The number of piperazine rings is 1. The van der Waals surface area contributed by atoms with Crippen molar-refractivity contribution in [2.24, 2.45) is 0 Å². The highest BCUT2D eigenvalue weighted by molar-refractivity contribution is 5.73. The molecule has 5 atom stereocenters. The Bertz CT molecular complexity index is 1520. The van der Waals surface area contributed by atoms with Gasteiger partial charge >= 0.3 is 0 Å². The van der Waals surface area contributed by atoms with E-state index in [1.54, 1.807) is 13.2 Å². The van der Waals surface area contributed by atoms with Crippen molar-refractivity contribution in [3.63, 3.8) is 0 Å². The third-order valence-electron chi connectivity index (χ3n) is 9.62. The summed E-state index contributed by atoms with van der Waals surface area (Å²) < 4.78 is 30.1. The maximum Gasteiger partial charge on any atom is 0.231 e. The molecule has 0 aromatic heterocycles. The number of hydrogen-bond donors (Lipinski definition) is 1. The lowest BCUT2D eigenvalue weighted by molar-refractivity contribution is -0.120. The van der Waals surface area contributed by atoms with Gasteiger partial charge in [-0.2, -0.15) is 5.26 Å². The van der Waals surface area contributed by atoms with Gasteiger partial charge in [-0.25, -0.2) is 0 Å². The highest BCUT2D eigenvalue weighted by Gasteiger charge is 2.56. The van der Waals surface area contributed by atoms with Crippen LogP contribution in [0.2, 0.25) is 0 Å². The van der Waals surface area contributed by atoms with Crippen LogP contribution in [0, 0.1) is 32.1 Å². The van der Waals surface area contributed by atoms with Gasteiger partial charge in [0.05, 0.1) is 18.2 Å². The molecule has 10 heteroatoms. The van der Waals surface area contributed by atoms with Crippen LogP contribution in [0.15, 0.2) is 18.7 Å². The summed E-state index contributed by atoms with van der Waals surface area (Å²) in [5, 5.41) is 13.8. The lowest BCUT2D eigenvalue weighted by Crippen LogP contribution is -2.68. The monoisotopic (exact) mass is 588 g/mol. The Balaban J connectivity index is 1.61. The second-order valence-electron chi connectivity index (χ2n) is 11.9. The zero-order valence-corrected chi connectivity index (χ0v) is 25.8. The van der Waals surface area contributed by atoms with Crippen LogP contribution in [-0.2, 0) is 22.4 Å². The molecule has 1 unspecified atom stereocenters. The summed E-state index contributed by atoms with van der Waals surface area (Å²) in [6.07, 6.45) is 3.03. The van der Waals surface area contributed by atoms with E-state index in [4.69, 9.17) is 23.7 Å². The van der Waals surface area contributed by atoms with Crippen LogP contribution in [0.1, 0.15) is 58.0 Å². The molecular weight excluding hydrogens is 548 g/mol. The first-order chi connectivity index (χ1) is 20.7. The molecule has 0 saturated carbocycles. The molecular formula is C33H40N4O6. The minimum absolute atomic E-state index is 0.0651. The number of nitriles is 1. The number of ether oxygens (including phenoxy) is 5. The number of nitrogens with zero attached hydrogens (tertiary/aromatic N) is 3. The van der Waals surface area contributed by atoms with Crippen LogP contribution in [-0.4, -0.2) is 74.7 Å². The Morgan fingerprint density at radius 3 is 2.60 bits per heavy atom. The fraction of sp³-hybridized carbons (Fsp3) is 0.515. The molecule has 2 bridgehead atoms. The first-order valence-electron chi connectivity index (χ1n) is 14.8. The van der Waals surface area contributed by atoms with E-state index in [-0.39, 0.29) is 43.7 Å². The molecule has 0 aliphatic carbocycles. The Kier molecular flexibility index (Phi) is 7.75. The Morgan fingerprint density at radius 1 is 1.14 bits per heavy atom. The van der Waals surface area contributed by atoms with Crippen LogP contribution in [0.3, 0.4) is 0 Å². The van der Waals surface area contributed by atoms with Gasteiger partial charge in [0.1, 0.15) is 24.1 Å². The standard InChI is InChI=1S/C33H40N4O6/c1-8-9-40-30-19(4)32-33(43-16-42-32)28-22(30)12-24-29-27-21(10-17(2)18(3)31(27)41-15-39-7)11-23(36(29)6)25(13-34)37(24)26(28)14-35-20(5)38/h8,10,23-26,29H,1,9,11-12,14-16H2,2-7H3,(H,35,38)/t23-,24?,25+,26+,29+/m1/s1. The molecule has 1 fully saturated rings. The van der Waals surface area contributed by atoms with Crippen LogP contribution in [0.25, 0.3) is 0 Å². The fourth-order valence-electron chi connectivity index (χ4n) is 7.76. The molecule has 4 aliphatic rings. The van der Waals surface area contributed by atoms with Gasteiger partial charge in [-0.15, -0.1) is 0 Å². The fourth-order valence-corrected chi connectivity index (χ4v) is 7.76. The van der Waals surface area contributed by atoms with Gasteiger partial charge < -0.3 is 29.0 Å². The smallest absolute Gasteiger partial charge is 0.231 e. The second-order valence-corrected chi connectivity index (χ2v) is 11.9. The molecule has 2 aromatic rings. The number of rotatable bonds is 8. The summed E-state index contributed by atoms with van der Waals surface area (Å²) in [6, 6.07) is 3.86. The van der Waals surface area contributed by atoms with Gasteiger partial charge in [-0.3, -0.25) is 14.6 Å². The number of carbonyl (C=O) groups excluding carboxylic acids is 1. The maximum atomic E-state index is 12.3. The van der Waals surface area contributed by atoms with E-state index >= 15 is 0 Å². The molecule has 0 spiro atoms. The average molecular weight is 589 g/mol. The molecule has 1 saturated heterocycles. The van der Waals surface area contributed by atoms with E-state index in [1.165, 1.54) is 12.5 Å². The van der Waals surface area contributed by atoms with Crippen molar-refractivity contribution < 1.29 is 28.5 Å². The summed E-state index contributed by atoms with van der Waals surface area (Å²) in [5.74, 6) is 2.78. The lowest BCUT2D eigenvalue weighted by atomic mass is 9.71. The predicted molar refractivity (Wildman–Crippen MR) is 160 cm³/mol. The molecule has 10 nitrogen and oxygen atoms in total. The number of likely N-dealkylation sites (N-methyl/N-ethyl adjacent to an activating group) is 1. The first-order valence-corrected chi connectivity index (χ1v) is 14.8. The van der Waals surface area contributed by atoms with Crippen molar-refractivity contribution >= 4 is 5.91 Å². The van der Waals surface area contributed by atoms with Gasteiger partial charge in [0.15, 0.2) is 18.3 Å². The minimum atomic E-state index is -0.437. The number of amides is 1. The molecule has 0 radical (unpaired) electrons. The second kappa shape index (κ2) is 11.4. The lowest BCUT2D eigenvalue weighted by Gasteiger charge is -2.60. The average Bonchev–Trinajstić information content (AvgIpc) is 3.47. The topological polar surface area (TPSA) is 106 Å². The summed E-state index contributed by atoms with van der Waals surface area (Å²) in [5.41, 5.74) is 7.38. The SMILES string of the molecule is C=CCOc1c(C)c2c(c3c1CC1[C@H]4c5c(cc(C)c(C)c5OCOC)C[C@H]([C@H](C#N)N1[C@H]3CNC(C)=O)N4C)OCO2. The molecule has 1 amide bonds. The highest BCUT2D eigenvalue weighted by atomic mass is 16.7. The number of aryl methyl sites for hydroxylation is 1. The maximum absolute atomic E-state index is 12.3. The minimum Gasteiger partial charge on any atom is -0.489 e. The van der Waals surface area contributed by atoms with Crippen molar-refractivity contribution in [3.05, 3.63) is 57.7 Å². The van der Waals surface area contributed by atoms with E-state index in [9.17, 15) is 10.1 Å². The van der Waals surface area contributed by atoms with E-state index in [1.807, 2.05) is 6.92 Å². The number of methoxy groups -OCH3 is 1. The third-order valence-corrected chi connectivity index (χ3v) is 9.62. The van der Waals surface area contributed by atoms with Crippen LogP contribution < -0.4 is 24.3 Å². The van der Waals surface area contributed by atoms with E-state index < -0.39 is 6.04 Å². The summed E-state index contributed by atoms with van der Waals surface area (Å²) in [7, 11) is 3.75. The van der Waals surface area contributed by atoms with Crippen molar-refractivity contribution in [2.75, 3.05) is 40.9 Å². The normalized spacial score (nSPS) is 25.2. The van der Waals surface area contributed by atoms with Gasteiger partial charge in [0.2, 0.25) is 12.7 Å². The van der Waals surface area contributed by atoms with Gasteiger partial charge in [-0.1, -0.05) is 18.7 Å². The van der Waals surface area contributed by atoms with Gasteiger partial charge in [0.25, 0.3) is 0 Å². The van der Waals surface area contributed by atoms with Gasteiger partial charge in [-0.05, 0) is 57.4 Å². The van der Waals surface area contributed by atoms with E-state index in [2.05, 4.69) is 54.7 Å². The van der Waals surface area contributed by atoms with E-state index in [0.29, 0.717) is 37.5 Å². The molecule has 4 aliphatic heterocycles. The summed E-state index contributed by atoms with van der Waals surface area (Å²) >= 11 is 0. The number of hydrogen-bond acceptors (Lipinski definition) is 9. The molecule has 6 rings (SSSR count). The van der Waals surface area contributed by atoms with Crippen LogP contribution >= 0.6 is 0 Å². The third kappa shape index (κ3) is 4.53. The molecule has 2 aromatic carbocycles. The van der Waals surface area contributed by atoms with Crippen LogP contribution in [0.4, 0.5) is 0 Å². The molecule has 1 N–H and O–H groups in total. The Labute approximate surface area is 253 Å². The number of benzene rings is 2. The Morgan fingerprint density at radius 2 is 1.91 bits per heavy atom. The molecule has 228 valence electrons. The number of carbonyl (C=O) groups is 1. The first kappa shape index (κ1) is 29.3. The predicted octanol–water partition coefficient (Wildman–Crippen LogP) is 3.80. The van der Waals surface area contributed by atoms with Gasteiger partial charge in [0, 0.05) is 54.9 Å². The van der Waals surface area contributed by atoms with Crippen molar-refractivity contribution in [1.82, 2.24) is 15.1 Å². The quantitative estimate of drug-likeness (QED) is 0.364. The zero-order chi connectivity index (χ0) is 30.6. The number of fused-ring (bicyclic) bond motifs is 9.